The van der Waals surface area contributed by atoms with Gasteiger partial charge in [0, 0.05) is 18.7 Å². The second-order valence-electron chi connectivity index (χ2n) is 6.36. The molecule has 1 aliphatic rings. The van der Waals surface area contributed by atoms with Crippen LogP contribution >= 0.6 is 0 Å². The van der Waals surface area contributed by atoms with Crippen LogP contribution in [0.1, 0.15) is 30.5 Å². The van der Waals surface area contributed by atoms with Gasteiger partial charge in [0.25, 0.3) is 0 Å². The van der Waals surface area contributed by atoms with Gasteiger partial charge < -0.3 is 4.74 Å². The van der Waals surface area contributed by atoms with Crippen molar-refractivity contribution in [3.05, 3.63) is 70.9 Å². The first-order valence-corrected chi connectivity index (χ1v) is 10.5. The fraction of sp³-hybridized carbons (Fsp3) is 0.238. The third-order valence-corrected chi connectivity index (χ3v) is 6.51. The maximum atomic E-state index is 12.6. The van der Waals surface area contributed by atoms with Crippen molar-refractivity contribution in [3.8, 4) is 0 Å². The molecule has 0 spiro atoms. The Morgan fingerprint density at radius 2 is 1.61 bits per heavy atom. The van der Waals surface area contributed by atoms with Gasteiger partial charge in [-0.2, -0.15) is 4.31 Å². The molecule has 28 heavy (non-hydrogen) atoms. The minimum absolute atomic E-state index is 0.162. The molecule has 0 N–H and O–H groups in total. The van der Waals surface area contributed by atoms with Crippen LogP contribution in [0, 0.1) is 6.92 Å². The van der Waals surface area contributed by atoms with Crippen molar-refractivity contribution in [1.29, 1.82) is 0 Å². The maximum Gasteiger partial charge on any atom is 0.363 e. The molecule has 0 aromatic heterocycles. The second kappa shape index (κ2) is 8.08. The molecule has 0 saturated heterocycles. The van der Waals surface area contributed by atoms with E-state index >= 15 is 0 Å². The predicted molar refractivity (Wildman–Crippen MR) is 108 cm³/mol. The highest BCUT2D eigenvalue weighted by atomic mass is 32.2. The molecule has 7 heteroatoms. The zero-order chi connectivity index (χ0) is 20.3. The molecule has 2 aromatic rings. The summed E-state index contributed by atoms with van der Waals surface area (Å²) in [5.74, 6) is -0.370. The number of esters is 1. The number of sulfonamides is 1. The van der Waals surface area contributed by atoms with Gasteiger partial charge >= 0.3 is 5.97 Å². The molecule has 0 radical (unpaired) electrons. The molecule has 6 nitrogen and oxygen atoms in total. The van der Waals surface area contributed by atoms with E-state index < -0.39 is 16.0 Å². The first-order valence-electron chi connectivity index (χ1n) is 9.05. The van der Waals surface area contributed by atoms with Crippen molar-refractivity contribution in [1.82, 2.24) is 4.31 Å². The smallest absolute Gasteiger partial charge is 0.363 e. The number of aliphatic imine (C=N–C) groups is 1. The van der Waals surface area contributed by atoms with Gasteiger partial charge in [-0.3, -0.25) is 0 Å². The highest BCUT2D eigenvalue weighted by Gasteiger charge is 2.25. The Morgan fingerprint density at radius 1 is 1.00 bits per heavy atom. The fourth-order valence-corrected chi connectivity index (χ4v) is 4.29. The lowest BCUT2D eigenvalue weighted by atomic mass is 10.1. The summed E-state index contributed by atoms with van der Waals surface area (Å²) in [4.78, 5) is 16.6. The first kappa shape index (κ1) is 20.0. The van der Waals surface area contributed by atoms with E-state index in [2.05, 4.69) is 4.99 Å². The fourth-order valence-electron chi connectivity index (χ4n) is 2.84. The highest BCUT2D eigenvalue weighted by molar-refractivity contribution is 7.89. The normalized spacial score (nSPS) is 15.8. The van der Waals surface area contributed by atoms with Gasteiger partial charge in [-0.15, -0.1) is 0 Å². The average molecular weight is 398 g/mol. The van der Waals surface area contributed by atoms with Crippen LogP contribution in [0.5, 0.6) is 0 Å². The van der Waals surface area contributed by atoms with E-state index in [1.807, 2.05) is 31.2 Å². The van der Waals surface area contributed by atoms with Crippen LogP contribution in [0.3, 0.4) is 0 Å². The molecule has 146 valence electrons. The van der Waals surface area contributed by atoms with Gasteiger partial charge in [-0.1, -0.05) is 43.7 Å². The number of carbonyl (C=O) groups excluding carboxylic acids is 1. The number of aryl methyl sites for hydroxylation is 1. The molecule has 0 aliphatic carbocycles. The number of carbonyl (C=O) groups is 1. The molecular weight excluding hydrogens is 376 g/mol. The zero-order valence-electron chi connectivity index (χ0n) is 16.0. The average Bonchev–Trinajstić information content (AvgIpc) is 3.05. The van der Waals surface area contributed by atoms with Crippen LogP contribution in [-0.4, -0.2) is 37.7 Å². The summed E-state index contributed by atoms with van der Waals surface area (Å²) in [5, 5.41) is 0. The van der Waals surface area contributed by atoms with Crippen molar-refractivity contribution in [2.45, 2.75) is 25.7 Å². The molecule has 3 rings (SSSR count). The van der Waals surface area contributed by atoms with Crippen LogP contribution in [-0.2, 0) is 19.6 Å². The van der Waals surface area contributed by atoms with E-state index in [0.717, 1.165) is 11.1 Å². The van der Waals surface area contributed by atoms with E-state index in [9.17, 15) is 13.2 Å². The largest absolute Gasteiger partial charge is 0.402 e. The Morgan fingerprint density at radius 3 is 2.18 bits per heavy atom. The summed E-state index contributed by atoms with van der Waals surface area (Å²) in [6, 6.07) is 13.9. The number of hydrogen-bond acceptors (Lipinski definition) is 5. The lowest BCUT2D eigenvalue weighted by Gasteiger charge is -2.18. The van der Waals surface area contributed by atoms with Crippen molar-refractivity contribution in [2.75, 3.05) is 13.1 Å². The lowest BCUT2D eigenvalue weighted by Crippen LogP contribution is -2.30. The van der Waals surface area contributed by atoms with Crippen LogP contribution in [0.4, 0.5) is 0 Å². The minimum atomic E-state index is -3.53. The van der Waals surface area contributed by atoms with Gasteiger partial charge in [-0.25, -0.2) is 18.2 Å². The van der Waals surface area contributed by atoms with Crippen molar-refractivity contribution >= 4 is 28.0 Å². The number of ether oxygens (including phenoxy) is 1. The molecule has 0 bridgehead atoms. The minimum Gasteiger partial charge on any atom is -0.402 e. The number of hydrogen-bond donors (Lipinski definition) is 0. The SMILES string of the molecule is CCN(CC)S(=O)(=O)c1ccc(C2=N/C(=C\c3ccc(C)cc3)C(=O)O2)cc1. The third kappa shape index (κ3) is 4.05. The van der Waals surface area contributed by atoms with Gasteiger partial charge in [0.15, 0.2) is 5.70 Å². The summed E-state index contributed by atoms with van der Waals surface area (Å²) in [7, 11) is -3.53. The van der Waals surface area contributed by atoms with E-state index in [1.165, 1.54) is 16.4 Å². The molecule has 0 fully saturated rings. The molecule has 0 atom stereocenters. The highest BCUT2D eigenvalue weighted by Crippen LogP contribution is 2.21. The van der Waals surface area contributed by atoms with Crippen LogP contribution in [0.2, 0.25) is 0 Å². The lowest BCUT2D eigenvalue weighted by molar-refractivity contribution is -0.129. The number of benzene rings is 2. The van der Waals surface area contributed by atoms with Crippen LogP contribution in [0.15, 0.2) is 64.1 Å². The standard InChI is InChI=1S/C21H22N2O4S/c1-4-23(5-2)28(25,26)18-12-10-17(11-13-18)20-22-19(21(24)27-20)14-16-8-6-15(3)7-9-16/h6-14H,4-5H2,1-3H3/b19-14-. The molecule has 0 saturated carbocycles. The zero-order valence-corrected chi connectivity index (χ0v) is 16.9. The molecule has 0 unspecified atom stereocenters. The van der Waals surface area contributed by atoms with E-state index in [1.54, 1.807) is 32.1 Å². The van der Waals surface area contributed by atoms with Crippen molar-refractivity contribution < 1.29 is 17.9 Å². The van der Waals surface area contributed by atoms with Gasteiger partial charge in [0.2, 0.25) is 15.9 Å². The Labute approximate surface area is 165 Å². The van der Waals surface area contributed by atoms with Gasteiger partial charge in [0.1, 0.15) is 0 Å². The number of cyclic esters (lactones) is 1. The summed E-state index contributed by atoms with van der Waals surface area (Å²) < 4.78 is 31.8. The van der Waals surface area contributed by atoms with Crippen molar-refractivity contribution in [2.24, 2.45) is 4.99 Å². The van der Waals surface area contributed by atoms with Crippen LogP contribution < -0.4 is 0 Å². The number of rotatable bonds is 6. The Hall–Kier alpha value is -2.77. The molecule has 2 aromatic carbocycles. The second-order valence-corrected chi connectivity index (χ2v) is 8.30. The quantitative estimate of drug-likeness (QED) is 0.552. The van der Waals surface area contributed by atoms with E-state index in [4.69, 9.17) is 4.74 Å². The van der Waals surface area contributed by atoms with Gasteiger partial charge in [0.05, 0.1) is 4.90 Å². The van der Waals surface area contributed by atoms with E-state index in [0.29, 0.717) is 18.7 Å². The monoisotopic (exact) mass is 398 g/mol. The van der Waals surface area contributed by atoms with E-state index in [-0.39, 0.29) is 16.5 Å². The van der Waals surface area contributed by atoms with Crippen molar-refractivity contribution in [3.63, 3.8) is 0 Å². The Balaban J connectivity index is 1.86. The third-order valence-electron chi connectivity index (χ3n) is 4.45. The van der Waals surface area contributed by atoms with Crippen LogP contribution in [0.25, 0.3) is 6.08 Å². The topological polar surface area (TPSA) is 76.0 Å². The maximum absolute atomic E-state index is 12.6. The summed E-state index contributed by atoms with van der Waals surface area (Å²) in [5.41, 5.74) is 2.72. The summed E-state index contributed by atoms with van der Waals surface area (Å²) >= 11 is 0. The number of nitrogens with zero attached hydrogens (tertiary/aromatic N) is 2. The van der Waals surface area contributed by atoms with Gasteiger partial charge in [-0.05, 0) is 42.8 Å². The summed E-state index contributed by atoms with van der Waals surface area (Å²) in [6.45, 7) is 6.38. The molecule has 1 heterocycles. The first-order chi connectivity index (χ1) is 13.3. The Bertz CT molecular complexity index is 1030. The predicted octanol–water partition coefficient (Wildman–Crippen LogP) is 3.37. The molecule has 0 amide bonds. The summed E-state index contributed by atoms with van der Waals surface area (Å²) in [6.07, 6.45) is 1.66. The molecular formula is C21H22N2O4S. The molecule has 1 aliphatic heterocycles. The Kier molecular flexibility index (Phi) is 5.76.